The monoisotopic (exact) mass is 297 g/mol. The zero-order valence-corrected chi connectivity index (χ0v) is 10.7. The first-order valence-corrected chi connectivity index (χ1v) is 8.89. The van der Waals surface area contributed by atoms with Crippen LogP contribution in [0.2, 0.25) is 0 Å². The van der Waals surface area contributed by atoms with Crippen LogP contribution in [0.3, 0.4) is 0 Å². The molecule has 0 rings (SSSR count). The van der Waals surface area contributed by atoms with Crippen LogP contribution in [0.15, 0.2) is 0 Å². The molecule has 0 heterocycles. The molecule has 0 aliphatic carbocycles. The third kappa shape index (κ3) is 8.36. The first kappa shape index (κ1) is 13.8. The summed E-state index contributed by atoms with van der Waals surface area (Å²) in [5.74, 6) is 1.04. The van der Waals surface area contributed by atoms with Crippen LogP contribution in [0.25, 0.3) is 0 Å². The Hall–Kier alpha value is 1.75. The molecule has 0 N–H and O–H groups in total. The molecule has 0 saturated carbocycles. The predicted octanol–water partition coefficient (Wildman–Crippen LogP) is -1.23. The van der Waals surface area contributed by atoms with Gasteiger partial charge in [-0.05, 0) is 0 Å². The molecular weight excluding hydrogens is 291 g/mol. The van der Waals surface area contributed by atoms with E-state index >= 15 is 0 Å². The van der Waals surface area contributed by atoms with Crippen molar-refractivity contribution in [2.45, 2.75) is 6.92 Å². The molecule has 0 nitrogen and oxygen atoms in total. The molecule has 1 atom stereocenters. The van der Waals surface area contributed by atoms with Gasteiger partial charge in [0.1, 0.15) is 0 Å². The topological polar surface area (TPSA) is 0 Å². The third-order valence-electron chi connectivity index (χ3n) is 1.12. The summed E-state index contributed by atoms with van der Waals surface area (Å²) in [6.45, 7) is 11.2. The number of halogens is 1. The molecule has 12 heavy (non-hydrogen) atoms. The van der Waals surface area contributed by atoms with Crippen LogP contribution in [0.4, 0.5) is 0 Å². The molecule has 0 aromatic rings. The van der Waals surface area contributed by atoms with E-state index in [0.717, 1.165) is 5.75 Å². The van der Waals surface area contributed by atoms with Gasteiger partial charge in [-0.25, -0.2) is 0 Å². The average molecular weight is 296 g/mol. The van der Waals surface area contributed by atoms with Gasteiger partial charge in [-0.2, -0.15) is 0 Å². The summed E-state index contributed by atoms with van der Waals surface area (Å²) in [4.78, 5) is 0. The minimum atomic E-state index is -0.940. The molecule has 0 aliphatic rings. The molecule has 0 fully saturated rings. The maximum absolute atomic E-state index is 5.33. The standard InChI is InChI=1S/C2H5B7IS2/c1-2-12(10,11)9-8-7-6-5-4-3/h2H2,1H3. The summed E-state index contributed by atoms with van der Waals surface area (Å²) in [7, 11) is 5.15. The second-order valence-electron chi connectivity index (χ2n) is 2.03. The van der Waals surface area contributed by atoms with Gasteiger partial charge in [0.2, 0.25) is 0 Å². The van der Waals surface area contributed by atoms with Crippen LogP contribution in [-0.4, -0.2) is 52.6 Å². The molecule has 0 spiro atoms. The quantitative estimate of drug-likeness (QED) is 0.356. The molecule has 0 aliphatic heterocycles. The van der Waals surface area contributed by atoms with Crippen molar-refractivity contribution in [3.8, 4) is 0 Å². The van der Waals surface area contributed by atoms with Crippen molar-refractivity contribution in [3.05, 3.63) is 0 Å². The Labute approximate surface area is 96.3 Å². The van der Waals surface area contributed by atoms with E-state index in [9.17, 15) is 0 Å². The van der Waals surface area contributed by atoms with Gasteiger partial charge in [0.25, 0.3) is 0 Å². The van der Waals surface area contributed by atoms with Crippen LogP contribution in [-0.2, 0) is 16.4 Å². The van der Waals surface area contributed by atoms with Crippen molar-refractivity contribution in [3.63, 3.8) is 0 Å². The summed E-state index contributed by atoms with van der Waals surface area (Å²) in [6, 6.07) is 2.09. The number of hydrogen-bond donors (Lipinski definition) is 0. The van der Waals surface area contributed by atoms with Gasteiger partial charge in [-0.1, -0.05) is 0 Å². The molecule has 0 bridgehead atoms. The van der Waals surface area contributed by atoms with E-state index in [4.69, 9.17) is 18.6 Å². The molecule has 1 radical (unpaired) electrons. The Morgan fingerprint density at radius 3 is 2.42 bits per heavy atom. The molecule has 0 aromatic heterocycles. The fourth-order valence-corrected chi connectivity index (χ4v) is 1.67. The van der Waals surface area contributed by atoms with Crippen molar-refractivity contribution in [2.75, 3.05) is 5.75 Å². The SMILES string of the molecule is [B]=BB=BB=BB=S(=S)(I)CC. The zero-order chi connectivity index (χ0) is 9.45. The van der Waals surface area contributed by atoms with E-state index in [-0.39, 0.29) is 0 Å². The normalized spacial score (nSPS) is 13.1. The zero-order valence-electron chi connectivity index (χ0n) is 6.94. The van der Waals surface area contributed by atoms with E-state index in [1.807, 2.05) is 20.1 Å². The van der Waals surface area contributed by atoms with Crippen LogP contribution in [0.5, 0.6) is 0 Å². The van der Waals surface area contributed by atoms with Gasteiger partial charge in [-0.3, -0.25) is 0 Å². The van der Waals surface area contributed by atoms with Gasteiger partial charge in [0.05, 0.1) is 0 Å². The van der Waals surface area contributed by atoms with E-state index in [1.165, 1.54) is 6.69 Å². The molecule has 10 heteroatoms. The van der Waals surface area contributed by atoms with E-state index in [1.54, 1.807) is 6.69 Å². The third-order valence-corrected chi connectivity index (χ3v) is 6.26. The molecule has 0 amide bonds. The maximum atomic E-state index is 5.33. The van der Waals surface area contributed by atoms with Crippen molar-refractivity contribution in [2.24, 2.45) is 0 Å². The molecule has 1 unspecified atom stereocenters. The van der Waals surface area contributed by atoms with Crippen molar-refractivity contribution < 1.29 is 0 Å². The Kier molecular flexibility index (Phi) is 9.28. The van der Waals surface area contributed by atoms with E-state index in [0.29, 0.717) is 0 Å². The fraction of sp³-hybridized carbons (Fsp3) is 1.00. The summed E-state index contributed by atoms with van der Waals surface area (Å²) < 4.78 is 0. The van der Waals surface area contributed by atoms with E-state index < -0.39 is 5.19 Å². The van der Waals surface area contributed by atoms with Crippen molar-refractivity contribution in [1.29, 1.82) is 0 Å². The Balaban J connectivity index is 4.22. The summed E-state index contributed by atoms with van der Waals surface area (Å²) in [6.07, 6.45) is 0. The number of rotatable bonds is 4. The summed E-state index contributed by atoms with van der Waals surface area (Å²) in [5, 5.41) is -0.940. The fourth-order valence-electron chi connectivity index (χ4n) is 0.451. The van der Waals surface area contributed by atoms with Crippen molar-refractivity contribution >= 4 is 84.5 Å². The summed E-state index contributed by atoms with van der Waals surface area (Å²) in [5.41, 5.74) is 0. The Bertz CT molecular complexity index is 299. The van der Waals surface area contributed by atoms with Gasteiger partial charge in [0.15, 0.2) is 0 Å². The van der Waals surface area contributed by atoms with Crippen LogP contribution < -0.4 is 0 Å². The minimum absolute atomic E-state index is 0.940. The van der Waals surface area contributed by atoms with E-state index in [2.05, 4.69) is 34.2 Å². The van der Waals surface area contributed by atoms with Gasteiger partial charge in [-0.15, -0.1) is 0 Å². The Morgan fingerprint density at radius 1 is 1.33 bits per heavy atom. The molecule has 0 saturated heterocycles. The van der Waals surface area contributed by atoms with Gasteiger partial charge < -0.3 is 0 Å². The first-order chi connectivity index (χ1) is 5.62. The molecule has 0 aromatic carbocycles. The second-order valence-corrected chi connectivity index (χ2v) is 12.5. The molecular formula is C2H5B7IS2. The van der Waals surface area contributed by atoms with Gasteiger partial charge in [0, 0.05) is 0 Å². The predicted molar refractivity (Wildman–Crippen MR) is 79.6 cm³/mol. The first-order valence-electron chi connectivity index (χ1n) is 3.55. The average Bonchev–Trinajstić information content (AvgIpc) is 2.04. The summed E-state index contributed by atoms with van der Waals surface area (Å²) >= 11 is 7.66. The van der Waals surface area contributed by atoms with Crippen LogP contribution in [0.1, 0.15) is 6.92 Å². The van der Waals surface area contributed by atoms with Crippen LogP contribution >= 0.6 is 21.2 Å². The van der Waals surface area contributed by atoms with Gasteiger partial charge >= 0.3 is 97.1 Å². The van der Waals surface area contributed by atoms with Crippen LogP contribution in [0, 0.1) is 0 Å². The Morgan fingerprint density at radius 2 is 1.92 bits per heavy atom. The second kappa shape index (κ2) is 8.10. The molecule has 53 valence electrons. The van der Waals surface area contributed by atoms with Crippen molar-refractivity contribution in [1.82, 2.24) is 0 Å². The number of hydrogen-bond acceptors (Lipinski definition) is 1.